The molecule has 0 aliphatic carbocycles. The zero-order valence-electron chi connectivity index (χ0n) is 12.3. The third kappa shape index (κ3) is 4.98. The summed E-state index contributed by atoms with van der Waals surface area (Å²) in [4.78, 5) is 12.2. The third-order valence-corrected chi connectivity index (χ3v) is 4.08. The molecule has 2 aromatic heterocycles. The first-order valence-corrected chi connectivity index (χ1v) is 7.52. The van der Waals surface area contributed by atoms with Crippen LogP contribution in [-0.2, 0) is 11.3 Å². The fraction of sp³-hybridized carbons (Fsp3) is 0.500. The Bertz CT molecular complexity index is 670. The van der Waals surface area contributed by atoms with Gasteiger partial charge in [-0.3, -0.25) is 9.36 Å². The van der Waals surface area contributed by atoms with Crippen LogP contribution in [0.2, 0.25) is 0 Å². The number of anilines is 1. The molecular formula is C12H14F3N5O2S. The van der Waals surface area contributed by atoms with E-state index >= 15 is 0 Å². The van der Waals surface area contributed by atoms with E-state index in [1.54, 1.807) is 19.9 Å². The number of aromatic nitrogens is 4. The van der Waals surface area contributed by atoms with Crippen LogP contribution in [0.5, 0.6) is 0 Å². The van der Waals surface area contributed by atoms with Crippen molar-refractivity contribution in [2.24, 2.45) is 0 Å². The lowest BCUT2D eigenvalue weighted by molar-refractivity contribution is -0.142. The summed E-state index contributed by atoms with van der Waals surface area (Å²) in [6.07, 6.45) is -3.01. The Balaban J connectivity index is 2.04. The molecule has 1 N–H and O–H groups in total. The van der Waals surface area contributed by atoms with Crippen LogP contribution in [0.4, 0.5) is 19.0 Å². The third-order valence-electron chi connectivity index (χ3n) is 2.72. The summed E-state index contributed by atoms with van der Waals surface area (Å²) >= 11 is 0.916. The topological polar surface area (TPSA) is 85.8 Å². The Labute approximate surface area is 133 Å². The zero-order valence-corrected chi connectivity index (χ0v) is 13.1. The van der Waals surface area contributed by atoms with Crippen LogP contribution >= 0.6 is 11.8 Å². The summed E-state index contributed by atoms with van der Waals surface area (Å²) in [5.41, 5.74) is 0. The Hall–Kier alpha value is -2.04. The van der Waals surface area contributed by atoms with Gasteiger partial charge in [-0.25, -0.2) is 0 Å². The molecule has 23 heavy (non-hydrogen) atoms. The van der Waals surface area contributed by atoms with Gasteiger partial charge in [0.25, 0.3) is 0 Å². The second-order valence-corrected chi connectivity index (χ2v) is 5.85. The summed E-state index contributed by atoms with van der Waals surface area (Å²) in [5, 5.41) is 12.7. The van der Waals surface area contributed by atoms with Gasteiger partial charge >= 0.3 is 6.18 Å². The van der Waals surface area contributed by atoms with Gasteiger partial charge in [-0.05, 0) is 13.3 Å². The van der Waals surface area contributed by atoms with Gasteiger partial charge in [0.2, 0.25) is 5.91 Å². The van der Waals surface area contributed by atoms with Crippen molar-refractivity contribution in [3.05, 3.63) is 18.2 Å². The molecule has 1 amide bonds. The summed E-state index contributed by atoms with van der Waals surface area (Å²) in [5.74, 6) is 0.390. The highest BCUT2D eigenvalue weighted by molar-refractivity contribution is 8.00. The van der Waals surface area contributed by atoms with Gasteiger partial charge in [-0.2, -0.15) is 13.2 Å². The molecule has 0 bridgehead atoms. The van der Waals surface area contributed by atoms with Crippen molar-refractivity contribution in [2.75, 3.05) is 5.32 Å². The van der Waals surface area contributed by atoms with Crippen LogP contribution in [0.3, 0.4) is 0 Å². The molecular weight excluding hydrogens is 335 g/mol. The summed E-state index contributed by atoms with van der Waals surface area (Å²) in [6, 6.07) is 1.54. The molecule has 0 aromatic carbocycles. The molecule has 7 nitrogen and oxygen atoms in total. The number of aryl methyl sites for hydroxylation is 1. The quantitative estimate of drug-likeness (QED) is 0.807. The predicted octanol–water partition coefficient (Wildman–Crippen LogP) is 2.65. The van der Waals surface area contributed by atoms with Crippen molar-refractivity contribution < 1.29 is 22.5 Å². The number of hydrogen-bond donors (Lipinski definition) is 1. The minimum absolute atomic E-state index is 0.0284. The van der Waals surface area contributed by atoms with Crippen LogP contribution < -0.4 is 5.32 Å². The van der Waals surface area contributed by atoms with E-state index in [0.29, 0.717) is 12.2 Å². The standard InChI is InChI=1S/C12H14F3N5O2S/c1-3-8(10(21)17-9-4-7(2)22-19-9)23-11-18-16-6-20(11)5-12(13,14)15/h4,6,8H,3,5H2,1-2H3,(H,17,19,21)/t8-/m0/s1. The molecule has 0 saturated heterocycles. The minimum Gasteiger partial charge on any atom is -0.360 e. The fourth-order valence-corrected chi connectivity index (χ4v) is 2.65. The maximum absolute atomic E-state index is 12.5. The lowest BCUT2D eigenvalue weighted by atomic mass is 10.3. The Morgan fingerprint density at radius 1 is 1.52 bits per heavy atom. The van der Waals surface area contributed by atoms with Gasteiger partial charge in [-0.1, -0.05) is 23.8 Å². The SMILES string of the molecule is CC[C@H](Sc1nncn1CC(F)(F)F)C(=O)Nc1cc(C)on1. The molecule has 0 aliphatic rings. The first kappa shape index (κ1) is 17.3. The molecule has 0 unspecified atom stereocenters. The molecule has 2 aromatic rings. The first-order valence-electron chi connectivity index (χ1n) is 6.64. The molecule has 0 aliphatic heterocycles. The monoisotopic (exact) mass is 349 g/mol. The van der Waals surface area contributed by atoms with Crippen molar-refractivity contribution in [1.82, 2.24) is 19.9 Å². The van der Waals surface area contributed by atoms with Crippen LogP contribution in [0.25, 0.3) is 0 Å². The van der Waals surface area contributed by atoms with E-state index in [4.69, 9.17) is 4.52 Å². The van der Waals surface area contributed by atoms with E-state index in [1.165, 1.54) is 0 Å². The number of nitrogens with one attached hydrogen (secondary N) is 1. The molecule has 0 saturated carbocycles. The lowest BCUT2D eigenvalue weighted by Crippen LogP contribution is -2.25. The average Bonchev–Trinajstić information content (AvgIpc) is 3.03. The average molecular weight is 349 g/mol. The van der Waals surface area contributed by atoms with E-state index in [2.05, 4.69) is 20.7 Å². The molecule has 2 rings (SSSR count). The fourth-order valence-electron chi connectivity index (χ4n) is 1.72. The van der Waals surface area contributed by atoms with Gasteiger partial charge in [0.15, 0.2) is 11.0 Å². The van der Waals surface area contributed by atoms with Crippen molar-refractivity contribution in [3.63, 3.8) is 0 Å². The van der Waals surface area contributed by atoms with E-state index in [1.807, 2.05) is 0 Å². The highest BCUT2D eigenvalue weighted by Gasteiger charge is 2.30. The Kier molecular flexibility index (Phi) is 5.29. The molecule has 0 spiro atoms. The number of nitrogens with zero attached hydrogens (tertiary/aromatic N) is 4. The van der Waals surface area contributed by atoms with E-state index in [0.717, 1.165) is 22.7 Å². The van der Waals surface area contributed by atoms with E-state index in [-0.39, 0.29) is 11.0 Å². The first-order chi connectivity index (χ1) is 10.8. The second kappa shape index (κ2) is 7.02. The molecule has 1 atom stereocenters. The van der Waals surface area contributed by atoms with Crippen LogP contribution in [0.1, 0.15) is 19.1 Å². The number of carbonyl (C=O) groups excluding carboxylic acids is 1. The summed E-state index contributed by atoms with van der Waals surface area (Å²) in [7, 11) is 0. The smallest absolute Gasteiger partial charge is 0.360 e. The van der Waals surface area contributed by atoms with E-state index in [9.17, 15) is 18.0 Å². The number of amides is 1. The number of carbonyl (C=O) groups is 1. The van der Waals surface area contributed by atoms with Crippen molar-refractivity contribution >= 4 is 23.5 Å². The zero-order chi connectivity index (χ0) is 17.0. The summed E-state index contributed by atoms with van der Waals surface area (Å²) < 4.78 is 43.1. The van der Waals surface area contributed by atoms with Gasteiger partial charge < -0.3 is 9.84 Å². The summed E-state index contributed by atoms with van der Waals surface area (Å²) in [6.45, 7) is 2.22. The molecule has 0 radical (unpaired) electrons. The van der Waals surface area contributed by atoms with E-state index < -0.39 is 23.9 Å². The van der Waals surface area contributed by atoms with Crippen LogP contribution in [-0.4, -0.2) is 37.3 Å². The molecule has 2 heterocycles. The number of halogens is 3. The van der Waals surface area contributed by atoms with Crippen LogP contribution in [0.15, 0.2) is 22.1 Å². The number of alkyl halides is 3. The molecule has 126 valence electrons. The predicted molar refractivity (Wildman–Crippen MR) is 75.9 cm³/mol. The maximum Gasteiger partial charge on any atom is 0.406 e. The van der Waals surface area contributed by atoms with Crippen LogP contribution in [0, 0.1) is 6.92 Å². The highest BCUT2D eigenvalue weighted by Crippen LogP contribution is 2.27. The number of hydrogen-bond acceptors (Lipinski definition) is 6. The number of thioether (sulfide) groups is 1. The minimum atomic E-state index is -4.39. The number of rotatable bonds is 6. The van der Waals surface area contributed by atoms with Gasteiger partial charge in [0, 0.05) is 6.07 Å². The lowest BCUT2D eigenvalue weighted by Gasteiger charge is -2.14. The Morgan fingerprint density at radius 3 is 2.83 bits per heavy atom. The largest absolute Gasteiger partial charge is 0.406 e. The van der Waals surface area contributed by atoms with Gasteiger partial charge in [0.05, 0.1) is 5.25 Å². The molecule has 0 fully saturated rings. The second-order valence-electron chi connectivity index (χ2n) is 4.68. The van der Waals surface area contributed by atoms with Gasteiger partial charge in [0.1, 0.15) is 18.6 Å². The maximum atomic E-state index is 12.5. The van der Waals surface area contributed by atoms with Gasteiger partial charge in [-0.15, -0.1) is 10.2 Å². The van der Waals surface area contributed by atoms with Crippen molar-refractivity contribution in [3.8, 4) is 0 Å². The van der Waals surface area contributed by atoms with Crippen molar-refractivity contribution in [2.45, 2.75) is 43.4 Å². The highest BCUT2D eigenvalue weighted by atomic mass is 32.2. The molecule has 11 heteroatoms. The van der Waals surface area contributed by atoms with Crippen molar-refractivity contribution in [1.29, 1.82) is 0 Å². The normalized spacial score (nSPS) is 13.1. The Morgan fingerprint density at radius 2 is 2.26 bits per heavy atom.